The van der Waals surface area contributed by atoms with E-state index in [1.54, 1.807) is 0 Å². The van der Waals surface area contributed by atoms with Crippen molar-refractivity contribution in [1.29, 1.82) is 0 Å². The summed E-state index contributed by atoms with van der Waals surface area (Å²) >= 11 is 0. The van der Waals surface area contributed by atoms with Gasteiger partial charge in [-0.15, -0.1) is 0 Å². The molecule has 0 radical (unpaired) electrons. The number of nitrogens with zero attached hydrogens (tertiary/aromatic N) is 2. The second-order valence-corrected chi connectivity index (χ2v) is 5.04. The molecule has 0 bridgehead atoms. The van der Waals surface area contributed by atoms with Gasteiger partial charge in [0.15, 0.2) is 0 Å². The Kier molecular flexibility index (Phi) is 5.20. The van der Waals surface area contributed by atoms with E-state index in [2.05, 4.69) is 30.5 Å². The zero-order chi connectivity index (χ0) is 12.8. The van der Waals surface area contributed by atoms with Crippen molar-refractivity contribution in [3.63, 3.8) is 0 Å². The average molecular weight is 251 g/mol. The third-order valence-electron chi connectivity index (χ3n) is 3.62. The third kappa shape index (κ3) is 3.33. The maximum atomic E-state index is 5.63. The van der Waals surface area contributed by atoms with Crippen LogP contribution in [0.1, 0.15) is 44.7 Å². The SMILES string of the molecule is CCCNC(c1cnn(CC)c1)C1CCCOC1. The Hall–Kier alpha value is -0.870. The molecule has 1 aromatic rings. The molecule has 1 aromatic heterocycles. The van der Waals surface area contributed by atoms with Crippen molar-refractivity contribution < 1.29 is 4.74 Å². The highest BCUT2D eigenvalue weighted by Crippen LogP contribution is 2.28. The summed E-state index contributed by atoms with van der Waals surface area (Å²) in [6.07, 6.45) is 7.76. The van der Waals surface area contributed by atoms with E-state index in [9.17, 15) is 0 Å². The smallest absolute Gasteiger partial charge is 0.0537 e. The number of rotatable bonds is 6. The van der Waals surface area contributed by atoms with Gasteiger partial charge in [0.1, 0.15) is 0 Å². The lowest BCUT2D eigenvalue weighted by Crippen LogP contribution is -2.33. The Balaban J connectivity index is 2.07. The molecule has 2 rings (SSSR count). The first-order valence-electron chi connectivity index (χ1n) is 7.18. The van der Waals surface area contributed by atoms with Crippen LogP contribution in [-0.4, -0.2) is 29.5 Å². The fourth-order valence-corrected chi connectivity index (χ4v) is 2.60. The van der Waals surface area contributed by atoms with Crippen LogP contribution >= 0.6 is 0 Å². The van der Waals surface area contributed by atoms with Crippen LogP contribution in [0, 0.1) is 5.92 Å². The topological polar surface area (TPSA) is 39.1 Å². The van der Waals surface area contributed by atoms with E-state index in [1.807, 2.05) is 10.9 Å². The number of ether oxygens (including phenoxy) is 1. The second kappa shape index (κ2) is 6.90. The van der Waals surface area contributed by atoms with Crippen LogP contribution in [0.25, 0.3) is 0 Å². The molecular weight excluding hydrogens is 226 g/mol. The van der Waals surface area contributed by atoms with Crippen LogP contribution in [0.15, 0.2) is 12.4 Å². The van der Waals surface area contributed by atoms with Crippen molar-refractivity contribution >= 4 is 0 Å². The molecule has 2 atom stereocenters. The molecule has 2 heterocycles. The van der Waals surface area contributed by atoms with E-state index in [0.29, 0.717) is 12.0 Å². The number of hydrogen-bond acceptors (Lipinski definition) is 3. The van der Waals surface area contributed by atoms with Crippen molar-refractivity contribution in [3.05, 3.63) is 18.0 Å². The Morgan fingerprint density at radius 3 is 3.06 bits per heavy atom. The zero-order valence-electron chi connectivity index (χ0n) is 11.6. The molecule has 0 aliphatic carbocycles. The molecule has 4 nitrogen and oxygen atoms in total. The molecule has 0 aromatic carbocycles. The number of aryl methyl sites for hydroxylation is 1. The van der Waals surface area contributed by atoms with Crippen LogP contribution in [0.2, 0.25) is 0 Å². The molecule has 4 heteroatoms. The minimum Gasteiger partial charge on any atom is -0.381 e. The Morgan fingerprint density at radius 2 is 2.44 bits per heavy atom. The van der Waals surface area contributed by atoms with Gasteiger partial charge >= 0.3 is 0 Å². The molecular formula is C14H25N3O. The summed E-state index contributed by atoms with van der Waals surface area (Å²) in [6, 6.07) is 0.394. The summed E-state index contributed by atoms with van der Waals surface area (Å²) in [4.78, 5) is 0. The van der Waals surface area contributed by atoms with Gasteiger partial charge in [0.25, 0.3) is 0 Å². The highest BCUT2D eigenvalue weighted by Gasteiger charge is 2.26. The molecule has 0 spiro atoms. The Bertz CT molecular complexity index is 345. The fourth-order valence-electron chi connectivity index (χ4n) is 2.60. The predicted molar refractivity (Wildman–Crippen MR) is 72.5 cm³/mol. The van der Waals surface area contributed by atoms with Crippen molar-refractivity contribution in [1.82, 2.24) is 15.1 Å². The molecule has 1 saturated heterocycles. The van der Waals surface area contributed by atoms with Crippen LogP contribution < -0.4 is 5.32 Å². The van der Waals surface area contributed by atoms with E-state index >= 15 is 0 Å². The second-order valence-electron chi connectivity index (χ2n) is 5.04. The van der Waals surface area contributed by atoms with Crippen LogP contribution in [0.3, 0.4) is 0 Å². The van der Waals surface area contributed by atoms with E-state index in [-0.39, 0.29) is 0 Å². The van der Waals surface area contributed by atoms with Gasteiger partial charge in [-0.2, -0.15) is 5.10 Å². The molecule has 0 amide bonds. The highest BCUT2D eigenvalue weighted by molar-refractivity contribution is 5.12. The van der Waals surface area contributed by atoms with Gasteiger partial charge in [-0.25, -0.2) is 0 Å². The van der Waals surface area contributed by atoms with Crippen molar-refractivity contribution in [2.45, 2.75) is 45.7 Å². The van der Waals surface area contributed by atoms with Crippen molar-refractivity contribution in [2.24, 2.45) is 5.92 Å². The normalized spacial score (nSPS) is 22.0. The lowest BCUT2D eigenvalue weighted by Gasteiger charge is -2.30. The Morgan fingerprint density at radius 1 is 1.56 bits per heavy atom. The maximum Gasteiger partial charge on any atom is 0.0537 e. The number of hydrogen-bond donors (Lipinski definition) is 1. The summed E-state index contributed by atoms with van der Waals surface area (Å²) in [5, 5.41) is 8.05. The van der Waals surface area contributed by atoms with Crippen molar-refractivity contribution in [3.8, 4) is 0 Å². The predicted octanol–water partition coefficient (Wildman–Crippen LogP) is 2.37. The summed E-state index contributed by atoms with van der Waals surface area (Å²) in [7, 11) is 0. The van der Waals surface area contributed by atoms with Gasteiger partial charge in [-0.3, -0.25) is 4.68 Å². The summed E-state index contributed by atoms with van der Waals surface area (Å²) in [5.74, 6) is 0.583. The van der Waals surface area contributed by atoms with Gasteiger partial charge in [-0.1, -0.05) is 6.92 Å². The number of aromatic nitrogens is 2. The van der Waals surface area contributed by atoms with Gasteiger partial charge in [0.2, 0.25) is 0 Å². The van der Waals surface area contributed by atoms with E-state index in [0.717, 1.165) is 32.7 Å². The lowest BCUT2D eigenvalue weighted by molar-refractivity contribution is 0.0390. The van der Waals surface area contributed by atoms with E-state index < -0.39 is 0 Å². The van der Waals surface area contributed by atoms with E-state index in [1.165, 1.54) is 18.4 Å². The first kappa shape index (κ1) is 13.6. The molecule has 1 N–H and O–H groups in total. The summed E-state index contributed by atoms with van der Waals surface area (Å²) in [5.41, 5.74) is 1.31. The molecule has 2 unspecified atom stereocenters. The molecule has 1 aliphatic heterocycles. The average Bonchev–Trinajstić information content (AvgIpc) is 2.89. The van der Waals surface area contributed by atoms with Crippen molar-refractivity contribution in [2.75, 3.05) is 19.8 Å². The largest absolute Gasteiger partial charge is 0.381 e. The quantitative estimate of drug-likeness (QED) is 0.843. The standard InChI is InChI=1S/C14H25N3O/c1-3-7-15-14(12-6-5-8-18-11-12)13-9-16-17(4-2)10-13/h9-10,12,14-15H,3-8,11H2,1-2H3. The zero-order valence-corrected chi connectivity index (χ0v) is 11.6. The van der Waals surface area contributed by atoms with Crippen LogP contribution in [-0.2, 0) is 11.3 Å². The van der Waals surface area contributed by atoms with E-state index in [4.69, 9.17) is 4.74 Å². The highest BCUT2D eigenvalue weighted by atomic mass is 16.5. The van der Waals surface area contributed by atoms with Gasteiger partial charge < -0.3 is 10.1 Å². The first-order valence-corrected chi connectivity index (χ1v) is 7.18. The fraction of sp³-hybridized carbons (Fsp3) is 0.786. The van der Waals surface area contributed by atoms with Gasteiger partial charge in [-0.05, 0) is 32.7 Å². The number of nitrogens with one attached hydrogen (secondary N) is 1. The molecule has 0 saturated carbocycles. The molecule has 18 heavy (non-hydrogen) atoms. The molecule has 1 fully saturated rings. The first-order chi connectivity index (χ1) is 8.85. The lowest BCUT2D eigenvalue weighted by atomic mass is 9.90. The third-order valence-corrected chi connectivity index (χ3v) is 3.62. The summed E-state index contributed by atoms with van der Waals surface area (Å²) in [6.45, 7) is 8.11. The maximum absolute atomic E-state index is 5.63. The monoisotopic (exact) mass is 251 g/mol. The molecule has 102 valence electrons. The molecule has 1 aliphatic rings. The minimum atomic E-state index is 0.394. The Labute approximate surface area is 110 Å². The van der Waals surface area contributed by atoms with Crippen LogP contribution in [0.5, 0.6) is 0 Å². The summed E-state index contributed by atoms with van der Waals surface area (Å²) < 4.78 is 7.63. The minimum absolute atomic E-state index is 0.394. The van der Waals surface area contributed by atoms with Crippen LogP contribution in [0.4, 0.5) is 0 Å². The van der Waals surface area contributed by atoms with Gasteiger partial charge in [0.05, 0.1) is 12.8 Å². The van der Waals surface area contributed by atoms with Gasteiger partial charge in [0, 0.05) is 36.9 Å².